The van der Waals surface area contributed by atoms with Crippen LogP contribution in [0, 0.1) is 0 Å². The third-order valence-corrected chi connectivity index (χ3v) is 4.60. The van der Waals surface area contributed by atoms with E-state index in [2.05, 4.69) is 15.2 Å². The normalized spacial score (nSPS) is 20.9. The molecule has 0 atom stereocenters. The van der Waals surface area contributed by atoms with Crippen molar-refractivity contribution in [3.63, 3.8) is 0 Å². The maximum absolute atomic E-state index is 12.1. The van der Waals surface area contributed by atoms with Crippen LogP contribution in [0.2, 0.25) is 0 Å². The number of rotatable bonds is 5. The maximum atomic E-state index is 12.1. The van der Waals surface area contributed by atoms with E-state index in [1.54, 1.807) is 7.11 Å². The molecule has 1 aromatic heterocycles. The molecule has 6 nitrogen and oxygen atoms in total. The number of amides is 2. The van der Waals surface area contributed by atoms with Gasteiger partial charge in [-0.05, 0) is 49.9 Å². The monoisotopic (exact) mass is 331 g/mol. The molecular formula is C18H25N3O3. The summed E-state index contributed by atoms with van der Waals surface area (Å²) < 4.78 is 7.25. The Labute approximate surface area is 141 Å². The van der Waals surface area contributed by atoms with Crippen LogP contribution in [0.1, 0.15) is 25.7 Å². The number of aromatic nitrogens is 1. The molecule has 130 valence electrons. The summed E-state index contributed by atoms with van der Waals surface area (Å²) in [4.78, 5) is 12.1. The Bertz CT molecular complexity index is 690. The zero-order valence-corrected chi connectivity index (χ0v) is 14.0. The summed E-state index contributed by atoms with van der Waals surface area (Å²) in [7, 11) is 1.69. The molecule has 0 aliphatic heterocycles. The van der Waals surface area contributed by atoms with Crippen molar-refractivity contribution in [1.82, 2.24) is 9.88 Å². The second-order valence-corrected chi connectivity index (χ2v) is 6.38. The van der Waals surface area contributed by atoms with Crippen LogP contribution in [-0.2, 0) is 11.3 Å². The number of nitrogens with one attached hydrogen (secondary N) is 2. The SMILES string of the molecule is COCCn1ccc2cc(NC(=O)NC3CCC(O)CC3)ccc21. The number of carbonyl (C=O) groups is 1. The van der Waals surface area contributed by atoms with Crippen molar-refractivity contribution in [2.24, 2.45) is 0 Å². The number of carbonyl (C=O) groups excluding carboxylic acids is 1. The molecule has 1 aliphatic rings. The highest BCUT2D eigenvalue weighted by molar-refractivity contribution is 5.93. The Hall–Kier alpha value is -2.05. The van der Waals surface area contributed by atoms with E-state index < -0.39 is 0 Å². The Balaban J connectivity index is 1.59. The third-order valence-electron chi connectivity index (χ3n) is 4.60. The predicted molar refractivity (Wildman–Crippen MR) is 94.2 cm³/mol. The van der Waals surface area contributed by atoms with Crippen LogP contribution < -0.4 is 10.6 Å². The number of anilines is 1. The first-order chi connectivity index (χ1) is 11.7. The van der Waals surface area contributed by atoms with Crippen LogP contribution >= 0.6 is 0 Å². The first-order valence-corrected chi connectivity index (χ1v) is 8.49. The van der Waals surface area contributed by atoms with Gasteiger partial charge in [0.05, 0.1) is 12.7 Å². The van der Waals surface area contributed by atoms with Crippen LogP contribution in [0.5, 0.6) is 0 Å². The molecule has 0 unspecified atom stereocenters. The zero-order valence-electron chi connectivity index (χ0n) is 14.0. The standard InChI is InChI=1S/C18H25N3O3/c1-24-11-10-21-9-8-13-12-15(4-7-17(13)21)20-18(23)19-14-2-5-16(22)6-3-14/h4,7-9,12,14,16,22H,2-3,5-6,10-11H2,1H3,(H2,19,20,23). The minimum Gasteiger partial charge on any atom is -0.393 e. The minimum atomic E-state index is -0.212. The summed E-state index contributed by atoms with van der Waals surface area (Å²) in [5, 5.41) is 16.5. The number of ether oxygens (including phenoxy) is 1. The Morgan fingerprint density at radius 2 is 2.08 bits per heavy atom. The van der Waals surface area contributed by atoms with Crippen molar-refractivity contribution in [2.75, 3.05) is 19.0 Å². The van der Waals surface area contributed by atoms with E-state index in [9.17, 15) is 9.90 Å². The van der Waals surface area contributed by atoms with Gasteiger partial charge in [0.15, 0.2) is 0 Å². The van der Waals surface area contributed by atoms with E-state index in [0.717, 1.165) is 48.8 Å². The lowest BCUT2D eigenvalue weighted by Crippen LogP contribution is -2.40. The highest BCUT2D eigenvalue weighted by Gasteiger charge is 2.20. The summed E-state index contributed by atoms with van der Waals surface area (Å²) in [5.74, 6) is 0. The zero-order chi connectivity index (χ0) is 16.9. The molecule has 1 heterocycles. The molecule has 3 rings (SSSR count). The average molecular weight is 331 g/mol. The molecular weight excluding hydrogens is 306 g/mol. The second-order valence-electron chi connectivity index (χ2n) is 6.38. The van der Waals surface area contributed by atoms with Gasteiger partial charge in [0.1, 0.15) is 0 Å². The Morgan fingerprint density at radius 1 is 1.29 bits per heavy atom. The van der Waals surface area contributed by atoms with Gasteiger partial charge in [-0.15, -0.1) is 0 Å². The number of aliphatic hydroxyl groups is 1. The lowest BCUT2D eigenvalue weighted by atomic mass is 9.93. The highest BCUT2D eigenvalue weighted by Crippen LogP contribution is 2.21. The van der Waals surface area contributed by atoms with E-state index in [1.165, 1.54) is 0 Å². The lowest BCUT2D eigenvalue weighted by molar-refractivity contribution is 0.118. The van der Waals surface area contributed by atoms with Gasteiger partial charge in [0.25, 0.3) is 0 Å². The maximum Gasteiger partial charge on any atom is 0.319 e. The van der Waals surface area contributed by atoms with Crippen molar-refractivity contribution in [3.05, 3.63) is 30.5 Å². The molecule has 6 heteroatoms. The molecule has 0 radical (unpaired) electrons. The van der Waals surface area contributed by atoms with Crippen LogP contribution in [0.3, 0.4) is 0 Å². The Kier molecular flexibility index (Phi) is 5.37. The molecule has 1 fully saturated rings. The lowest BCUT2D eigenvalue weighted by Gasteiger charge is -2.26. The number of aliphatic hydroxyl groups excluding tert-OH is 1. The molecule has 1 aliphatic carbocycles. The molecule has 2 aromatic rings. The van der Waals surface area contributed by atoms with Crippen molar-refractivity contribution in [1.29, 1.82) is 0 Å². The quantitative estimate of drug-likeness (QED) is 0.788. The van der Waals surface area contributed by atoms with Gasteiger partial charge in [0.2, 0.25) is 0 Å². The largest absolute Gasteiger partial charge is 0.393 e. The summed E-state index contributed by atoms with van der Waals surface area (Å²) in [5.41, 5.74) is 1.90. The molecule has 3 N–H and O–H groups in total. The van der Waals surface area contributed by atoms with Gasteiger partial charge in [-0.3, -0.25) is 0 Å². The number of nitrogens with zero attached hydrogens (tertiary/aromatic N) is 1. The minimum absolute atomic E-state index is 0.146. The first-order valence-electron chi connectivity index (χ1n) is 8.49. The van der Waals surface area contributed by atoms with Gasteiger partial charge in [-0.25, -0.2) is 4.79 Å². The van der Waals surface area contributed by atoms with Crippen molar-refractivity contribution < 1.29 is 14.6 Å². The number of benzene rings is 1. The van der Waals surface area contributed by atoms with Gasteiger partial charge < -0.3 is 25.0 Å². The highest BCUT2D eigenvalue weighted by atomic mass is 16.5. The van der Waals surface area contributed by atoms with E-state index in [0.29, 0.717) is 6.61 Å². The molecule has 2 amide bonds. The summed E-state index contributed by atoms with van der Waals surface area (Å²) in [6, 6.07) is 7.90. The van der Waals surface area contributed by atoms with Crippen molar-refractivity contribution >= 4 is 22.6 Å². The van der Waals surface area contributed by atoms with E-state index in [1.807, 2.05) is 30.5 Å². The van der Waals surface area contributed by atoms with Crippen molar-refractivity contribution in [3.8, 4) is 0 Å². The molecule has 0 saturated heterocycles. The topological polar surface area (TPSA) is 75.5 Å². The molecule has 24 heavy (non-hydrogen) atoms. The predicted octanol–water partition coefficient (Wildman–Crippen LogP) is 2.71. The molecule has 0 bridgehead atoms. The van der Waals surface area contributed by atoms with E-state index in [-0.39, 0.29) is 18.2 Å². The number of hydrogen-bond donors (Lipinski definition) is 3. The Morgan fingerprint density at radius 3 is 2.83 bits per heavy atom. The number of methoxy groups -OCH3 is 1. The fourth-order valence-electron chi connectivity index (χ4n) is 3.24. The molecule has 0 spiro atoms. The third kappa shape index (κ3) is 4.07. The van der Waals surface area contributed by atoms with Crippen molar-refractivity contribution in [2.45, 2.75) is 44.4 Å². The van der Waals surface area contributed by atoms with Crippen LogP contribution in [0.15, 0.2) is 30.5 Å². The van der Waals surface area contributed by atoms with Crippen LogP contribution in [0.4, 0.5) is 10.5 Å². The summed E-state index contributed by atoms with van der Waals surface area (Å²) >= 11 is 0. The first kappa shape index (κ1) is 16.8. The van der Waals surface area contributed by atoms with Crippen LogP contribution in [0.25, 0.3) is 10.9 Å². The molecule has 1 saturated carbocycles. The van der Waals surface area contributed by atoms with Crippen LogP contribution in [-0.4, -0.2) is 41.6 Å². The summed E-state index contributed by atoms with van der Waals surface area (Å²) in [6.45, 7) is 1.48. The number of hydrogen-bond acceptors (Lipinski definition) is 3. The second kappa shape index (κ2) is 7.68. The fourth-order valence-corrected chi connectivity index (χ4v) is 3.24. The van der Waals surface area contributed by atoms with Gasteiger partial charge in [0, 0.05) is 42.5 Å². The molecule has 1 aromatic carbocycles. The van der Waals surface area contributed by atoms with E-state index >= 15 is 0 Å². The van der Waals surface area contributed by atoms with Gasteiger partial charge >= 0.3 is 6.03 Å². The average Bonchev–Trinajstić information content (AvgIpc) is 2.97. The number of fused-ring (bicyclic) bond motifs is 1. The smallest absolute Gasteiger partial charge is 0.319 e. The van der Waals surface area contributed by atoms with Gasteiger partial charge in [-0.2, -0.15) is 0 Å². The number of urea groups is 1. The summed E-state index contributed by atoms with van der Waals surface area (Å²) in [6.07, 6.45) is 4.99. The van der Waals surface area contributed by atoms with Gasteiger partial charge in [-0.1, -0.05) is 0 Å². The van der Waals surface area contributed by atoms with E-state index in [4.69, 9.17) is 4.74 Å². The fraction of sp³-hybridized carbons (Fsp3) is 0.500.